The summed E-state index contributed by atoms with van der Waals surface area (Å²) in [5, 5.41) is 0. The van der Waals surface area contributed by atoms with E-state index in [1.165, 1.54) is 12.1 Å². The van der Waals surface area contributed by atoms with Gasteiger partial charge in [-0.05, 0) is 57.9 Å². The van der Waals surface area contributed by atoms with Crippen LogP contribution in [0.4, 0.5) is 0 Å². The van der Waals surface area contributed by atoms with Crippen LogP contribution in [-0.4, -0.2) is 37.9 Å². The predicted molar refractivity (Wildman–Crippen MR) is 93.0 cm³/mol. The SMILES string of the molecule is CCCN(CCC)C(=O)c1ccc(S(=O)(=O)NC(C)(C)C)cc1. The molecular weight excluding hydrogens is 312 g/mol. The Kier molecular flexibility index (Phi) is 6.77. The van der Waals surface area contributed by atoms with Crippen molar-refractivity contribution in [1.82, 2.24) is 9.62 Å². The molecule has 1 rings (SSSR count). The van der Waals surface area contributed by atoms with Gasteiger partial charge in [0.2, 0.25) is 10.0 Å². The molecule has 1 N–H and O–H groups in total. The fourth-order valence-electron chi connectivity index (χ4n) is 2.28. The van der Waals surface area contributed by atoms with Crippen LogP contribution >= 0.6 is 0 Å². The summed E-state index contributed by atoms with van der Waals surface area (Å²) < 4.78 is 27.1. The summed E-state index contributed by atoms with van der Waals surface area (Å²) in [5.41, 5.74) is -0.0339. The van der Waals surface area contributed by atoms with E-state index >= 15 is 0 Å². The molecule has 0 bridgehead atoms. The van der Waals surface area contributed by atoms with Crippen LogP contribution in [0.15, 0.2) is 29.2 Å². The average molecular weight is 340 g/mol. The van der Waals surface area contributed by atoms with E-state index in [9.17, 15) is 13.2 Å². The molecule has 0 saturated heterocycles. The molecule has 23 heavy (non-hydrogen) atoms. The topological polar surface area (TPSA) is 66.5 Å². The second-order valence-corrected chi connectivity index (χ2v) is 8.35. The second-order valence-electron chi connectivity index (χ2n) is 6.67. The average Bonchev–Trinajstić information content (AvgIpc) is 2.44. The molecule has 0 atom stereocenters. The maximum absolute atomic E-state index is 12.5. The molecule has 1 aromatic rings. The van der Waals surface area contributed by atoms with Gasteiger partial charge in [0.1, 0.15) is 0 Å². The summed E-state index contributed by atoms with van der Waals surface area (Å²) in [5.74, 6) is -0.0542. The molecule has 0 spiro atoms. The maximum atomic E-state index is 12.5. The molecule has 1 aromatic carbocycles. The number of carbonyl (C=O) groups excluding carboxylic acids is 1. The number of sulfonamides is 1. The van der Waals surface area contributed by atoms with Crippen molar-refractivity contribution in [2.75, 3.05) is 13.1 Å². The predicted octanol–water partition coefficient (Wildman–Crippen LogP) is 3.03. The zero-order valence-corrected chi connectivity index (χ0v) is 15.5. The van der Waals surface area contributed by atoms with Crippen molar-refractivity contribution in [3.05, 3.63) is 29.8 Å². The van der Waals surface area contributed by atoms with Crippen molar-refractivity contribution in [1.29, 1.82) is 0 Å². The largest absolute Gasteiger partial charge is 0.339 e. The van der Waals surface area contributed by atoms with Gasteiger partial charge < -0.3 is 4.90 Å². The third-order valence-corrected chi connectivity index (χ3v) is 4.90. The summed E-state index contributed by atoms with van der Waals surface area (Å²) in [6.45, 7) is 10.8. The highest BCUT2D eigenvalue weighted by molar-refractivity contribution is 7.89. The van der Waals surface area contributed by atoms with Crippen molar-refractivity contribution in [3.63, 3.8) is 0 Å². The smallest absolute Gasteiger partial charge is 0.253 e. The van der Waals surface area contributed by atoms with Crippen LogP contribution < -0.4 is 4.72 Å². The molecule has 0 saturated carbocycles. The fourth-order valence-corrected chi connectivity index (χ4v) is 3.69. The number of carbonyl (C=O) groups is 1. The molecule has 0 heterocycles. The van der Waals surface area contributed by atoms with Crippen LogP contribution in [0.25, 0.3) is 0 Å². The molecule has 0 aliphatic heterocycles. The number of benzene rings is 1. The molecular formula is C17H28N2O3S. The normalized spacial score (nSPS) is 12.2. The van der Waals surface area contributed by atoms with E-state index in [1.807, 2.05) is 13.8 Å². The van der Waals surface area contributed by atoms with Crippen LogP contribution in [0.3, 0.4) is 0 Å². The molecule has 6 heteroatoms. The van der Waals surface area contributed by atoms with Gasteiger partial charge in [-0.15, -0.1) is 0 Å². The monoisotopic (exact) mass is 340 g/mol. The Morgan fingerprint density at radius 2 is 1.52 bits per heavy atom. The van der Waals surface area contributed by atoms with Crippen molar-refractivity contribution < 1.29 is 13.2 Å². The van der Waals surface area contributed by atoms with Crippen molar-refractivity contribution >= 4 is 15.9 Å². The summed E-state index contributed by atoms with van der Waals surface area (Å²) in [6.07, 6.45) is 1.79. The fraction of sp³-hybridized carbons (Fsp3) is 0.588. The van der Waals surface area contributed by atoms with Crippen LogP contribution in [0, 0.1) is 0 Å². The van der Waals surface area contributed by atoms with Crippen molar-refractivity contribution in [3.8, 4) is 0 Å². The minimum Gasteiger partial charge on any atom is -0.339 e. The number of amides is 1. The van der Waals surface area contributed by atoms with Crippen LogP contribution in [-0.2, 0) is 10.0 Å². The molecule has 0 unspecified atom stereocenters. The molecule has 0 aromatic heterocycles. The highest BCUT2D eigenvalue weighted by Gasteiger charge is 2.22. The van der Waals surface area contributed by atoms with Gasteiger partial charge in [0.25, 0.3) is 5.91 Å². The Hall–Kier alpha value is -1.40. The number of hydrogen-bond donors (Lipinski definition) is 1. The van der Waals surface area contributed by atoms with E-state index < -0.39 is 15.6 Å². The zero-order valence-electron chi connectivity index (χ0n) is 14.7. The third-order valence-electron chi connectivity index (χ3n) is 3.13. The number of nitrogens with zero attached hydrogens (tertiary/aromatic N) is 1. The third kappa shape index (κ3) is 5.95. The lowest BCUT2D eigenvalue weighted by atomic mass is 10.1. The van der Waals surface area contributed by atoms with Gasteiger partial charge in [-0.2, -0.15) is 0 Å². The molecule has 0 aliphatic rings. The molecule has 1 amide bonds. The maximum Gasteiger partial charge on any atom is 0.253 e. The molecule has 0 aliphatic carbocycles. The Labute approximate surface area is 140 Å². The lowest BCUT2D eigenvalue weighted by Crippen LogP contribution is -2.40. The molecule has 5 nitrogen and oxygen atoms in total. The number of rotatable bonds is 7. The second kappa shape index (κ2) is 7.93. The first kappa shape index (κ1) is 19.6. The van der Waals surface area contributed by atoms with Gasteiger partial charge in [0.15, 0.2) is 0 Å². The van der Waals surface area contributed by atoms with Crippen molar-refractivity contribution in [2.24, 2.45) is 0 Å². The molecule has 0 radical (unpaired) electrons. The van der Waals surface area contributed by atoms with Crippen LogP contribution in [0.2, 0.25) is 0 Å². The molecule has 0 fully saturated rings. The van der Waals surface area contributed by atoms with Gasteiger partial charge in [-0.1, -0.05) is 13.8 Å². The summed E-state index contributed by atoms with van der Waals surface area (Å²) in [7, 11) is -3.58. The van der Waals surface area contributed by atoms with E-state index in [-0.39, 0.29) is 10.8 Å². The summed E-state index contributed by atoms with van der Waals surface area (Å²) >= 11 is 0. The van der Waals surface area contributed by atoms with Gasteiger partial charge in [0.05, 0.1) is 4.90 Å². The van der Waals surface area contributed by atoms with E-state index in [2.05, 4.69) is 4.72 Å². The zero-order chi connectivity index (χ0) is 17.7. The van der Waals surface area contributed by atoms with Gasteiger partial charge in [0, 0.05) is 24.2 Å². The first-order valence-corrected chi connectivity index (χ1v) is 9.52. The van der Waals surface area contributed by atoms with Crippen LogP contribution in [0.5, 0.6) is 0 Å². The highest BCUT2D eigenvalue weighted by Crippen LogP contribution is 2.15. The van der Waals surface area contributed by atoms with Crippen LogP contribution in [0.1, 0.15) is 57.8 Å². The standard InChI is InChI=1S/C17H28N2O3S/c1-6-12-19(13-7-2)16(20)14-8-10-15(11-9-14)23(21,22)18-17(3,4)5/h8-11,18H,6-7,12-13H2,1-5H3. The summed E-state index contributed by atoms with van der Waals surface area (Å²) in [6, 6.07) is 6.13. The van der Waals surface area contributed by atoms with E-state index in [4.69, 9.17) is 0 Å². The molecule has 130 valence electrons. The van der Waals surface area contributed by atoms with Gasteiger partial charge >= 0.3 is 0 Å². The highest BCUT2D eigenvalue weighted by atomic mass is 32.2. The first-order chi connectivity index (χ1) is 10.6. The van der Waals surface area contributed by atoms with Gasteiger partial charge in [-0.3, -0.25) is 4.79 Å². The Morgan fingerprint density at radius 1 is 1.04 bits per heavy atom. The Balaban J connectivity index is 2.97. The minimum absolute atomic E-state index is 0.0542. The Bertz CT molecular complexity index is 610. The first-order valence-electron chi connectivity index (χ1n) is 8.04. The van der Waals surface area contributed by atoms with E-state index in [0.29, 0.717) is 18.7 Å². The lowest BCUT2D eigenvalue weighted by molar-refractivity contribution is 0.0755. The van der Waals surface area contributed by atoms with Crippen molar-refractivity contribution in [2.45, 2.75) is 57.9 Å². The minimum atomic E-state index is -3.58. The summed E-state index contributed by atoms with van der Waals surface area (Å²) in [4.78, 5) is 14.4. The van der Waals surface area contributed by atoms with E-state index in [1.54, 1.807) is 37.8 Å². The lowest BCUT2D eigenvalue weighted by Gasteiger charge is -2.22. The quantitative estimate of drug-likeness (QED) is 0.829. The number of nitrogens with one attached hydrogen (secondary N) is 1. The van der Waals surface area contributed by atoms with E-state index in [0.717, 1.165) is 12.8 Å². The Morgan fingerprint density at radius 3 is 1.91 bits per heavy atom. The van der Waals surface area contributed by atoms with Gasteiger partial charge in [-0.25, -0.2) is 13.1 Å². The number of hydrogen-bond acceptors (Lipinski definition) is 3.